The first-order chi connectivity index (χ1) is 12.0. The second kappa shape index (κ2) is 6.61. The molecule has 0 unspecified atom stereocenters. The van der Waals surface area contributed by atoms with Crippen molar-refractivity contribution in [1.82, 2.24) is 15.3 Å². The molecule has 2 heterocycles. The molecule has 0 saturated carbocycles. The summed E-state index contributed by atoms with van der Waals surface area (Å²) in [6.07, 6.45) is 3.15. The Bertz CT molecular complexity index is 963. The molecule has 6 nitrogen and oxygen atoms in total. The number of aromatic amines is 1. The van der Waals surface area contributed by atoms with E-state index in [-0.39, 0.29) is 23.9 Å². The van der Waals surface area contributed by atoms with Gasteiger partial charge in [0, 0.05) is 12.5 Å². The summed E-state index contributed by atoms with van der Waals surface area (Å²) < 4.78 is 14.3. The van der Waals surface area contributed by atoms with Crippen LogP contribution in [-0.2, 0) is 9.59 Å². The number of fused-ring (bicyclic) bond motifs is 1. The summed E-state index contributed by atoms with van der Waals surface area (Å²) in [6, 6.07) is 2.76. The van der Waals surface area contributed by atoms with Crippen LogP contribution in [0.5, 0.6) is 0 Å². The molecule has 7 heteroatoms. The Labute approximate surface area is 143 Å². The van der Waals surface area contributed by atoms with E-state index in [2.05, 4.69) is 32.4 Å². The van der Waals surface area contributed by atoms with Gasteiger partial charge in [-0.2, -0.15) is 0 Å². The third-order valence-electron chi connectivity index (χ3n) is 3.71. The fraction of sp³-hybridized carbons (Fsp3) is 0.167. The molecule has 3 N–H and O–H groups in total. The molecule has 0 bridgehead atoms. The number of rotatable bonds is 2. The van der Waals surface area contributed by atoms with Gasteiger partial charge in [0.05, 0.1) is 41.1 Å². The fourth-order valence-corrected chi connectivity index (χ4v) is 2.49. The predicted molar refractivity (Wildman–Crippen MR) is 91.8 cm³/mol. The first-order valence-corrected chi connectivity index (χ1v) is 7.56. The number of H-pyrrole nitrogens is 1. The van der Waals surface area contributed by atoms with Gasteiger partial charge < -0.3 is 15.6 Å². The normalized spacial score (nSPS) is 13.9. The van der Waals surface area contributed by atoms with Crippen molar-refractivity contribution in [2.24, 2.45) is 0 Å². The Morgan fingerprint density at radius 3 is 2.92 bits per heavy atom. The molecule has 1 aromatic heterocycles. The minimum absolute atomic E-state index is 0.0958. The summed E-state index contributed by atoms with van der Waals surface area (Å²) in [7, 11) is 0. The number of benzene rings is 1. The number of anilines is 1. The van der Waals surface area contributed by atoms with Gasteiger partial charge in [-0.15, -0.1) is 0 Å². The highest BCUT2D eigenvalue weighted by atomic mass is 19.1. The van der Waals surface area contributed by atoms with Crippen molar-refractivity contribution in [1.29, 1.82) is 0 Å². The van der Waals surface area contributed by atoms with Crippen LogP contribution < -0.4 is 10.6 Å². The predicted octanol–water partition coefficient (Wildman–Crippen LogP) is 1.84. The van der Waals surface area contributed by atoms with Gasteiger partial charge in [0.25, 0.3) is 5.91 Å². The summed E-state index contributed by atoms with van der Waals surface area (Å²) in [5.41, 5.74) is 2.73. The molecule has 25 heavy (non-hydrogen) atoms. The fourth-order valence-electron chi connectivity index (χ4n) is 2.49. The highest BCUT2D eigenvalue weighted by Gasteiger charge is 2.28. The van der Waals surface area contributed by atoms with Crippen molar-refractivity contribution < 1.29 is 14.0 Å². The molecule has 0 fully saturated rings. The van der Waals surface area contributed by atoms with Crippen LogP contribution in [0.4, 0.5) is 10.1 Å². The van der Waals surface area contributed by atoms with Crippen LogP contribution in [0.3, 0.4) is 0 Å². The summed E-state index contributed by atoms with van der Waals surface area (Å²) in [4.78, 5) is 30.2. The van der Waals surface area contributed by atoms with Crippen LogP contribution in [0.15, 0.2) is 18.5 Å². The third kappa shape index (κ3) is 3.28. The van der Waals surface area contributed by atoms with E-state index in [4.69, 9.17) is 0 Å². The number of nitrogens with zero attached hydrogens (tertiary/aromatic N) is 1. The topological polar surface area (TPSA) is 86.9 Å². The Kier molecular flexibility index (Phi) is 4.35. The lowest BCUT2D eigenvalue weighted by Gasteiger charge is -2.04. The number of carbonyl (C=O) groups excluding carboxylic acids is 2. The third-order valence-corrected chi connectivity index (χ3v) is 3.71. The Balaban J connectivity index is 2.07. The van der Waals surface area contributed by atoms with Crippen LogP contribution >= 0.6 is 0 Å². The van der Waals surface area contributed by atoms with E-state index in [0.717, 1.165) is 5.69 Å². The number of nitrogens with one attached hydrogen (secondary N) is 3. The Hall–Kier alpha value is -3.40. The van der Waals surface area contributed by atoms with E-state index in [1.807, 2.05) is 0 Å². The van der Waals surface area contributed by atoms with Gasteiger partial charge in [-0.1, -0.05) is 11.8 Å². The van der Waals surface area contributed by atoms with Crippen molar-refractivity contribution in [2.45, 2.75) is 13.8 Å². The molecule has 126 valence electrons. The smallest absolute Gasteiger partial charge is 0.256 e. The number of hydrogen-bond donors (Lipinski definition) is 3. The molecule has 2 aromatic rings. The highest BCUT2D eigenvalue weighted by Crippen LogP contribution is 2.36. The molecule has 2 amide bonds. The second-order valence-corrected chi connectivity index (χ2v) is 5.47. The Morgan fingerprint density at radius 1 is 1.44 bits per heavy atom. The number of amides is 2. The van der Waals surface area contributed by atoms with Gasteiger partial charge in [-0.25, -0.2) is 9.37 Å². The zero-order chi connectivity index (χ0) is 18.0. The number of aryl methyl sites for hydroxylation is 1. The van der Waals surface area contributed by atoms with Gasteiger partial charge in [0.15, 0.2) is 0 Å². The van der Waals surface area contributed by atoms with Crippen LogP contribution in [0.1, 0.15) is 29.4 Å². The second-order valence-electron chi connectivity index (χ2n) is 5.47. The number of hydrogen-bond acceptors (Lipinski definition) is 3. The molecule has 1 aromatic carbocycles. The lowest BCUT2D eigenvalue weighted by atomic mass is 9.99. The lowest BCUT2D eigenvalue weighted by Crippen LogP contribution is -2.19. The van der Waals surface area contributed by atoms with E-state index in [9.17, 15) is 14.0 Å². The summed E-state index contributed by atoms with van der Waals surface area (Å²) in [5.74, 6) is 4.33. The molecular weight excluding hydrogens is 323 g/mol. The molecule has 1 aliphatic heterocycles. The summed E-state index contributed by atoms with van der Waals surface area (Å²) in [6.45, 7) is 3.27. The minimum Gasteiger partial charge on any atom is -0.345 e. The lowest BCUT2D eigenvalue weighted by molar-refractivity contribution is -0.118. The van der Waals surface area contributed by atoms with Crippen molar-refractivity contribution in [3.8, 4) is 11.8 Å². The van der Waals surface area contributed by atoms with Crippen molar-refractivity contribution >= 4 is 29.2 Å². The maximum absolute atomic E-state index is 14.3. The van der Waals surface area contributed by atoms with Crippen LogP contribution in [-0.4, -0.2) is 28.3 Å². The zero-order valence-electron chi connectivity index (χ0n) is 13.7. The maximum atomic E-state index is 14.3. The van der Waals surface area contributed by atoms with E-state index >= 15 is 0 Å². The standard InChI is InChI=1S/C18H15FN4O2/c1-10-16(22-9-21-10)8-13-17-12(4-3-7-20-11(2)24)14(19)5-6-15(17)23-18(13)25/h5-6,8-9H,7H2,1-2H3,(H,20,24)(H,21,22)(H,23,25). The molecule has 0 aliphatic carbocycles. The molecule has 0 radical (unpaired) electrons. The number of halogens is 1. The van der Waals surface area contributed by atoms with E-state index in [0.29, 0.717) is 22.5 Å². The first-order valence-electron chi connectivity index (χ1n) is 7.56. The Morgan fingerprint density at radius 2 is 2.24 bits per heavy atom. The first kappa shape index (κ1) is 16.5. The zero-order valence-corrected chi connectivity index (χ0v) is 13.7. The number of carbonyl (C=O) groups is 2. The van der Waals surface area contributed by atoms with Crippen LogP contribution in [0.25, 0.3) is 11.6 Å². The molecule has 0 saturated heterocycles. The molecule has 0 spiro atoms. The van der Waals surface area contributed by atoms with Crippen LogP contribution in [0, 0.1) is 24.6 Å². The van der Waals surface area contributed by atoms with E-state index in [1.165, 1.54) is 25.4 Å². The van der Waals surface area contributed by atoms with Crippen LogP contribution in [0.2, 0.25) is 0 Å². The largest absolute Gasteiger partial charge is 0.345 e. The molecule has 1 aliphatic rings. The average molecular weight is 338 g/mol. The van der Waals surface area contributed by atoms with Gasteiger partial charge >= 0.3 is 0 Å². The van der Waals surface area contributed by atoms with Gasteiger partial charge in [-0.05, 0) is 25.1 Å². The van der Waals surface area contributed by atoms with Gasteiger partial charge in [0.2, 0.25) is 5.91 Å². The SMILES string of the molecule is CC(=O)NCC#Cc1c(F)ccc2c1C(=Cc1[nH]cnc1C)C(=O)N2. The minimum atomic E-state index is -0.530. The molecule has 0 atom stereocenters. The summed E-state index contributed by atoms with van der Waals surface area (Å²) in [5, 5.41) is 5.23. The quantitative estimate of drug-likeness (QED) is 0.577. The van der Waals surface area contributed by atoms with Gasteiger partial charge in [0.1, 0.15) is 5.82 Å². The monoisotopic (exact) mass is 338 g/mol. The van der Waals surface area contributed by atoms with Crippen molar-refractivity contribution in [3.05, 3.63) is 46.8 Å². The number of aromatic nitrogens is 2. The maximum Gasteiger partial charge on any atom is 0.256 e. The van der Waals surface area contributed by atoms with Crippen molar-refractivity contribution in [3.63, 3.8) is 0 Å². The molecule has 3 rings (SSSR count). The van der Waals surface area contributed by atoms with Crippen molar-refractivity contribution in [2.75, 3.05) is 11.9 Å². The average Bonchev–Trinajstić information content (AvgIpc) is 3.10. The van der Waals surface area contributed by atoms with Gasteiger partial charge in [-0.3, -0.25) is 9.59 Å². The highest BCUT2D eigenvalue weighted by molar-refractivity contribution is 6.35. The molecular formula is C18H15FN4O2. The van der Waals surface area contributed by atoms with E-state index < -0.39 is 5.82 Å². The number of imidazole rings is 1. The van der Waals surface area contributed by atoms with E-state index in [1.54, 1.807) is 13.0 Å². The summed E-state index contributed by atoms with van der Waals surface area (Å²) >= 11 is 0.